The first-order valence-corrected chi connectivity index (χ1v) is 8.10. The van der Waals surface area contributed by atoms with E-state index in [4.69, 9.17) is 10.5 Å². The second-order valence-corrected chi connectivity index (χ2v) is 6.48. The number of aromatic nitrogens is 1. The summed E-state index contributed by atoms with van der Waals surface area (Å²) in [5.74, 6) is 0.861. The Hall–Kier alpha value is -2.63. The summed E-state index contributed by atoms with van der Waals surface area (Å²) < 4.78 is 43.5. The van der Waals surface area contributed by atoms with Crippen LogP contribution >= 0.6 is 0 Å². The predicted octanol–water partition coefficient (Wildman–Crippen LogP) is 5.09. The quantitative estimate of drug-likeness (QED) is 0.694. The number of nitrogen functional groups attached to an aromatic ring is 1. The summed E-state index contributed by atoms with van der Waals surface area (Å²) in [5, 5.41) is 1.02. The summed E-state index contributed by atoms with van der Waals surface area (Å²) in [6.07, 6.45) is -0.820. The van der Waals surface area contributed by atoms with Crippen LogP contribution in [-0.4, -0.2) is 11.1 Å². The Kier molecular flexibility index (Phi) is 3.63. The topological polar surface area (TPSA) is 51.0 Å². The van der Waals surface area contributed by atoms with Crippen LogP contribution in [0.4, 0.5) is 18.9 Å². The number of aromatic amines is 1. The largest absolute Gasteiger partial charge is 0.490 e. The van der Waals surface area contributed by atoms with Gasteiger partial charge in [0.2, 0.25) is 0 Å². The zero-order valence-electron chi connectivity index (χ0n) is 13.3. The van der Waals surface area contributed by atoms with E-state index in [-0.39, 0.29) is 6.10 Å². The molecule has 0 unspecified atom stereocenters. The Morgan fingerprint density at radius 1 is 1.04 bits per heavy atom. The fourth-order valence-electron chi connectivity index (χ4n) is 3.26. The standard InChI is InChI=1S/C19H17F3N2O/c20-19(21,22)13-2-4-14(5-3-13)25-15-7-12(8-15)11-1-6-18-16(9-11)17(23)10-24-18/h1-6,9-10,12,15,24H,7-8,23H2/t12-,15-. The van der Waals surface area contributed by atoms with Crippen molar-refractivity contribution < 1.29 is 17.9 Å². The van der Waals surface area contributed by atoms with Gasteiger partial charge in [-0.25, -0.2) is 0 Å². The maximum atomic E-state index is 12.6. The number of H-pyrrole nitrogens is 1. The maximum Gasteiger partial charge on any atom is 0.416 e. The summed E-state index contributed by atoms with van der Waals surface area (Å²) >= 11 is 0. The molecule has 2 aromatic carbocycles. The Balaban J connectivity index is 1.39. The fourth-order valence-corrected chi connectivity index (χ4v) is 3.26. The van der Waals surface area contributed by atoms with Crippen LogP contribution in [0.5, 0.6) is 5.75 Å². The van der Waals surface area contributed by atoms with Gasteiger partial charge >= 0.3 is 6.18 Å². The van der Waals surface area contributed by atoms with E-state index in [0.717, 1.165) is 41.6 Å². The van der Waals surface area contributed by atoms with Gasteiger partial charge in [0.1, 0.15) is 5.75 Å². The highest BCUT2D eigenvalue weighted by Gasteiger charge is 2.33. The second-order valence-electron chi connectivity index (χ2n) is 6.48. The van der Waals surface area contributed by atoms with Crippen LogP contribution in [-0.2, 0) is 6.18 Å². The lowest BCUT2D eigenvalue weighted by atomic mass is 9.77. The zero-order valence-corrected chi connectivity index (χ0v) is 13.3. The smallest absolute Gasteiger partial charge is 0.416 e. The highest BCUT2D eigenvalue weighted by Crippen LogP contribution is 2.40. The van der Waals surface area contributed by atoms with Crippen molar-refractivity contribution in [3.05, 3.63) is 59.8 Å². The molecule has 130 valence electrons. The van der Waals surface area contributed by atoms with E-state index in [0.29, 0.717) is 11.7 Å². The van der Waals surface area contributed by atoms with E-state index in [1.165, 1.54) is 17.7 Å². The third-order valence-electron chi connectivity index (χ3n) is 4.79. The minimum absolute atomic E-state index is 0.0287. The number of nitrogens with two attached hydrogens (primary N) is 1. The number of hydrogen-bond donors (Lipinski definition) is 2. The molecule has 4 rings (SSSR count). The SMILES string of the molecule is Nc1c[nH]c2ccc([C@H]3C[C@H](Oc4ccc(C(F)(F)F)cc4)C3)cc12. The van der Waals surface area contributed by atoms with Gasteiger partial charge in [0.25, 0.3) is 0 Å². The van der Waals surface area contributed by atoms with Crippen LogP contribution < -0.4 is 10.5 Å². The molecule has 0 amide bonds. The van der Waals surface area contributed by atoms with Gasteiger partial charge < -0.3 is 15.5 Å². The molecule has 0 spiro atoms. The van der Waals surface area contributed by atoms with E-state index in [1.54, 1.807) is 6.20 Å². The normalized spacial score (nSPS) is 20.4. The van der Waals surface area contributed by atoms with Crippen molar-refractivity contribution >= 4 is 16.6 Å². The van der Waals surface area contributed by atoms with E-state index < -0.39 is 11.7 Å². The molecule has 6 heteroatoms. The first-order chi connectivity index (χ1) is 11.9. The molecule has 1 aliphatic rings. The molecular weight excluding hydrogens is 329 g/mol. The number of nitrogens with one attached hydrogen (secondary N) is 1. The average molecular weight is 346 g/mol. The average Bonchev–Trinajstić information content (AvgIpc) is 2.91. The summed E-state index contributed by atoms with van der Waals surface area (Å²) in [4.78, 5) is 3.12. The van der Waals surface area contributed by atoms with E-state index in [2.05, 4.69) is 17.1 Å². The van der Waals surface area contributed by atoms with Crippen molar-refractivity contribution in [1.29, 1.82) is 0 Å². The van der Waals surface area contributed by atoms with Gasteiger partial charge in [-0.15, -0.1) is 0 Å². The maximum absolute atomic E-state index is 12.6. The van der Waals surface area contributed by atoms with Crippen LogP contribution in [0.2, 0.25) is 0 Å². The van der Waals surface area contributed by atoms with Gasteiger partial charge in [-0.1, -0.05) is 6.07 Å². The van der Waals surface area contributed by atoms with Crippen LogP contribution in [0.25, 0.3) is 10.9 Å². The molecule has 25 heavy (non-hydrogen) atoms. The lowest BCUT2D eigenvalue weighted by Crippen LogP contribution is -2.32. The van der Waals surface area contributed by atoms with Gasteiger partial charge in [-0.3, -0.25) is 0 Å². The number of alkyl halides is 3. The Morgan fingerprint density at radius 2 is 1.76 bits per heavy atom. The molecule has 0 saturated heterocycles. The van der Waals surface area contributed by atoms with Crippen LogP contribution in [0, 0.1) is 0 Å². The van der Waals surface area contributed by atoms with Crippen molar-refractivity contribution in [2.45, 2.75) is 31.0 Å². The van der Waals surface area contributed by atoms with Crippen LogP contribution in [0.3, 0.4) is 0 Å². The second kappa shape index (κ2) is 5.72. The van der Waals surface area contributed by atoms with E-state index in [9.17, 15) is 13.2 Å². The monoisotopic (exact) mass is 346 g/mol. The van der Waals surface area contributed by atoms with Gasteiger partial charge in [0, 0.05) is 17.1 Å². The number of fused-ring (bicyclic) bond motifs is 1. The van der Waals surface area contributed by atoms with Crippen LogP contribution in [0.15, 0.2) is 48.7 Å². The highest BCUT2D eigenvalue weighted by molar-refractivity contribution is 5.91. The molecule has 3 N–H and O–H groups in total. The molecule has 0 radical (unpaired) electrons. The highest BCUT2D eigenvalue weighted by atomic mass is 19.4. The van der Waals surface area contributed by atoms with Gasteiger partial charge in [-0.2, -0.15) is 13.2 Å². The molecule has 3 nitrogen and oxygen atoms in total. The van der Waals surface area contributed by atoms with Gasteiger partial charge in [0.05, 0.1) is 17.4 Å². The van der Waals surface area contributed by atoms with Gasteiger partial charge in [0.15, 0.2) is 0 Å². The first kappa shape index (κ1) is 15.9. The van der Waals surface area contributed by atoms with Crippen molar-refractivity contribution in [1.82, 2.24) is 4.98 Å². The van der Waals surface area contributed by atoms with Crippen molar-refractivity contribution in [2.24, 2.45) is 0 Å². The van der Waals surface area contributed by atoms with Crippen molar-refractivity contribution in [3.63, 3.8) is 0 Å². The minimum Gasteiger partial charge on any atom is -0.490 e. The molecule has 3 aromatic rings. The Bertz CT molecular complexity index is 893. The van der Waals surface area contributed by atoms with E-state index in [1.807, 2.05) is 6.07 Å². The molecule has 0 bridgehead atoms. The summed E-state index contributed by atoms with van der Waals surface area (Å²) in [5.41, 5.74) is 8.23. The van der Waals surface area contributed by atoms with Crippen molar-refractivity contribution in [3.8, 4) is 5.75 Å². The molecule has 1 aromatic heterocycles. The minimum atomic E-state index is -4.32. The summed E-state index contributed by atoms with van der Waals surface area (Å²) in [6.45, 7) is 0. The number of anilines is 1. The summed E-state index contributed by atoms with van der Waals surface area (Å²) in [7, 11) is 0. The molecule has 0 aliphatic heterocycles. The lowest BCUT2D eigenvalue weighted by molar-refractivity contribution is -0.137. The number of benzene rings is 2. The molecular formula is C19H17F3N2O. The summed E-state index contributed by atoms with van der Waals surface area (Å²) in [6, 6.07) is 11.1. The zero-order chi connectivity index (χ0) is 17.6. The molecule has 1 aliphatic carbocycles. The molecule has 1 fully saturated rings. The number of halogens is 3. The fraction of sp³-hybridized carbons (Fsp3) is 0.263. The van der Waals surface area contributed by atoms with E-state index >= 15 is 0 Å². The number of ether oxygens (including phenoxy) is 1. The van der Waals surface area contributed by atoms with Crippen molar-refractivity contribution in [2.75, 3.05) is 5.73 Å². The molecule has 1 saturated carbocycles. The number of rotatable bonds is 3. The third kappa shape index (κ3) is 3.04. The predicted molar refractivity (Wildman–Crippen MR) is 90.5 cm³/mol. The molecule has 0 atom stereocenters. The van der Waals surface area contributed by atoms with Gasteiger partial charge in [-0.05, 0) is 60.7 Å². The Labute approximate surface area is 142 Å². The third-order valence-corrected chi connectivity index (χ3v) is 4.79. The van der Waals surface area contributed by atoms with Crippen LogP contribution in [0.1, 0.15) is 29.9 Å². The molecule has 1 heterocycles. The Morgan fingerprint density at radius 3 is 2.44 bits per heavy atom. The first-order valence-electron chi connectivity index (χ1n) is 8.10. The number of hydrogen-bond acceptors (Lipinski definition) is 2. The lowest BCUT2D eigenvalue weighted by Gasteiger charge is -2.35.